The Labute approximate surface area is 184 Å². The molecule has 1 fully saturated rings. The first-order valence-corrected chi connectivity index (χ1v) is 11.5. The van der Waals surface area contributed by atoms with Crippen molar-refractivity contribution < 1.29 is 14.6 Å². The van der Waals surface area contributed by atoms with Gasteiger partial charge in [-0.05, 0) is 43.6 Å². The van der Waals surface area contributed by atoms with E-state index in [2.05, 4.69) is 21.9 Å². The molecule has 30 heavy (non-hydrogen) atoms. The summed E-state index contributed by atoms with van der Waals surface area (Å²) in [5.74, 6) is 0.0962. The second kappa shape index (κ2) is 10.8. The first kappa shape index (κ1) is 22.7. The Morgan fingerprint density at radius 3 is 2.47 bits per heavy atom. The Morgan fingerprint density at radius 2 is 1.80 bits per heavy atom. The van der Waals surface area contributed by atoms with Gasteiger partial charge in [0, 0.05) is 12.2 Å². The Hall–Kier alpha value is -2.03. The number of piperazine rings is 1. The van der Waals surface area contributed by atoms with E-state index < -0.39 is 0 Å². The molecule has 2 heterocycles. The number of hydrogen-bond acceptors (Lipinski definition) is 3. The minimum Gasteiger partial charge on any atom is -0.321 e. The number of rotatable bonds is 9. The van der Waals surface area contributed by atoms with Gasteiger partial charge < -0.3 is 19.7 Å². The summed E-state index contributed by atoms with van der Waals surface area (Å²) >= 11 is 5.60. The molecule has 2 aromatic rings. The molecule has 8 heteroatoms. The molecule has 1 aliphatic heterocycles. The molecular weight excluding hydrogens is 396 g/mol. The lowest BCUT2D eigenvalue weighted by Crippen LogP contribution is -3.28. The lowest BCUT2D eigenvalue weighted by molar-refractivity contribution is -1.02. The fourth-order valence-corrected chi connectivity index (χ4v) is 4.34. The van der Waals surface area contributed by atoms with E-state index in [0.717, 1.165) is 67.4 Å². The highest BCUT2D eigenvalue weighted by Crippen LogP contribution is 2.18. The number of aryl methyl sites for hydroxylation is 3. The van der Waals surface area contributed by atoms with Crippen LogP contribution in [-0.2, 0) is 18.0 Å². The molecule has 1 aromatic heterocycles. The van der Waals surface area contributed by atoms with Crippen LogP contribution in [0.15, 0.2) is 24.5 Å². The van der Waals surface area contributed by atoms with E-state index in [1.54, 1.807) is 0 Å². The van der Waals surface area contributed by atoms with Crippen molar-refractivity contribution in [1.29, 1.82) is 0 Å². The van der Waals surface area contributed by atoms with Gasteiger partial charge >= 0.3 is 0 Å². The molecule has 3 rings (SSSR count). The third-order valence-corrected chi connectivity index (χ3v) is 6.44. The molecule has 7 nitrogen and oxygen atoms in total. The summed E-state index contributed by atoms with van der Waals surface area (Å²) in [6.45, 7) is 12.6. The molecule has 0 aliphatic carbocycles. The molecular formula is C22H36N6OS+2. The van der Waals surface area contributed by atoms with Gasteiger partial charge in [0.25, 0.3) is 5.91 Å². The highest BCUT2D eigenvalue weighted by Gasteiger charge is 2.25. The first-order chi connectivity index (χ1) is 14.5. The number of benzene rings is 1. The van der Waals surface area contributed by atoms with Gasteiger partial charge in [-0.1, -0.05) is 38.0 Å². The number of nitrogens with one attached hydrogen (secondary N) is 3. The highest BCUT2D eigenvalue weighted by molar-refractivity contribution is 7.71. The summed E-state index contributed by atoms with van der Waals surface area (Å²) in [5, 5.41) is 7.61. The van der Waals surface area contributed by atoms with E-state index in [1.165, 1.54) is 22.6 Å². The van der Waals surface area contributed by atoms with Gasteiger partial charge in [-0.2, -0.15) is 9.78 Å². The molecule has 3 N–H and O–H groups in total. The van der Waals surface area contributed by atoms with E-state index in [4.69, 9.17) is 12.2 Å². The zero-order chi connectivity index (χ0) is 21.5. The third kappa shape index (κ3) is 6.00. The SMILES string of the molecule is CCCCCn1cnn(C[NH+]2CC[NH+](CC(=O)Nc3c(C)cccc3C)CC2)c1=S. The number of nitrogens with zero attached hydrogens (tertiary/aromatic N) is 3. The first-order valence-electron chi connectivity index (χ1n) is 11.1. The molecule has 1 saturated heterocycles. The van der Waals surface area contributed by atoms with Gasteiger partial charge in [-0.25, -0.2) is 0 Å². The number of carbonyl (C=O) groups excluding carboxylic acids is 1. The van der Waals surface area contributed by atoms with Gasteiger partial charge in [0.1, 0.15) is 32.5 Å². The standard InChI is InChI=1S/C22H34N6OS/c1-4-5-6-10-27-16-23-28(22(27)30)17-26-13-11-25(12-14-26)15-20(29)24-21-18(2)8-7-9-19(21)3/h7-9,16H,4-6,10-15,17H2,1-3H3,(H,24,29)/p+2. The van der Waals surface area contributed by atoms with Crippen LogP contribution >= 0.6 is 12.2 Å². The molecule has 1 aromatic carbocycles. The van der Waals surface area contributed by atoms with Crippen LogP contribution in [0.25, 0.3) is 0 Å². The van der Waals surface area contributed by atoms with Crippen LogP contribution in [0.5, 0.6) is 0 Å². The predicted octanol–water partition coefficient (Wildman–Crippen LogP) is 0.601. The summed E-state index contributed by atoms with van der Waals surface area (Å²) in [7, 11) is 0. The molecule has 0 spiro atoms. The van der Waals surface area contributed by atoms with Gasteiger partial charge in [-0.15, -0.1) is 0 Å². The van der Waals surface area contributed by atoms with Crippen LogP contribution < -0.4 is 15.1 Å². The molecule has 0 unspecified atom stereocenters. The van der Waals surface area contributed by atoms with Crippen molar-refractivity contribution in [3.8, 4) is 0 Å². The average molecular weight is 433 g/mol. The number of para-hydroxylation sites is 1. The molecule has 0 bridgehead atoms. The molecule has 0 saturated carbocycles. The Balaban J connectivity index is 1.45. The Kier molecular flexibility index (Phi) is 8.18. The minimum absolute atomic E-state index is 0.0962. The summed E-state index contributed by atoms with van der Waals surface area (Å²) in [4.78, 5) is 15.4. The normalized spacial score (nSPS) is 19.0. The predicted molar refractivity (Wildman–Crippen MR) is 121 cm³/mol. The Bertz CT molecular complexity index is 877. The van der Waals surface area contributed by atoms with Crippen LogP contribution in [-0.4, -0.2) is 53.0 Å². The quantitative estimate of drug-likeness (QED) is 0.402. The van der Waals surface area contributed by atoms with Gasteiger partial charge in [0.05, 0.1) is 0 Å². The third-order valence-electron chi connectivity index (χ3n) is 5.99. The molecule has 0 atom stereocenters. The second-order valence-electron chi connectivity index (χ2n) is 8.46. The van der Waals surface area contributed by atoms with Crippen molar-refractivity contribution in [2.45, 2.75) is 53.2 Å². The number of carbonyl (C=O) groups is 1. The Morgan fingerprint density at radius 1 is 1.13 bits per heavy atom. The van der Waals surface area contributed by atoms with E-state index >= 15 is 0 Å². The van der Waals surface area contributed by atoms with E-state index in [0.29, 0.717) is 6.54 Å². The lowest BCUT2D eigenvalue weighted by Gasteiger charge is -2.29. The van der Waals surface area contributed by atoms with Crippen LogP contribution in [0, 0.1) is 18.6 Å². The van der Waals surface area contributed by atoms with Crippen LogP contribution in [0.1, 0.15) is 37.3 Å². The molecule has 0 radical (unpaired) electrons. The van der Waals surface area contributed by atoms with Crippen LogP contribution in [0.2, 0.25) is 0 Å². The molecule has 164 valence electrons. The van der Waals surface area contributed by atoms with E-state index in [9.17, 15) is 4.79 Å². The molecule has 1 aliphatic rings. The van der Waals surface area contributed by atoms with Crippen LogP contribution in [0.3, 0.4) is 0 Å². The number of amides is 1. The number of quaternary nitrogens is 2. The van der Waals surface area contributed by atoms with E-state index in [1.807, 2.05) is 43.1 Å². The highest BCUT2D eigenvalue weighted by atomic mass is 32.1. The van der Waals surface area contributed by atoms with E-state index in [-0.39, 0.29) is 5.91 Å². The van der Waals surface area contributed by atoms with Gasteiger partial charge in [0.15, 0.2) is 13.2 Å². The molecule has 1 amide bonds. The van der Waals surface area contributed by atoms with Crippen molar-refractivity contribution >= 4 is 23.8 Å². The monoisotopic (exact) mass is 432 g/mol. The second-order valence-corrected chi connectivity index (χ2v) is 8.83. The largest absolute Gasteiger partial charge is 0.321 e. The maximum absolute atomic E-state index is 12.5. The van der Waals surface area contributed by atoms with Crippen molar-refractivity contribution in [1.82, 2.24) is 14.3 Å². The fraction of sp³-hybridized carbons (Fsp3) is 0.591. The average Bonchev–Trinajstić information content (AvgIpc) is 3.06. The maximum Gasteiger partial charge on any atom is 0.279 e. The number of hydrogen-bond donors (Lipinski definition) is 3. The maximum atomic E-state index is 12.5. The topological polar surface area (TPSA) is 60.7 Å². The lowest BCUT2D eigenvalue weighted by atomic mass is 10.1. The summed E-state index contributed by atoms with van der Waals surface area (Å²) in [6.07, 6.45) is 5.45. The number of anilines is 1. The summed E-state index contributed by atoms with van der Waals surface area (Å²) in [5.41, 5.74) is 3.17. The van der Waals surface area contributed by atoms with Crippen molar-refractivity contribution in [2.75, 3.05) is 38.0 Å². The smallest absolute Gasteiger partial charge is 0.279 e. The fourth-order valence-electron chi connectivity index (χ4n) is 4.09. The summed E-state index contributed by atoms with van der Waals surface area (Å²) < 4.78 is 4.86. The minimum atomic E-state index is 0.0962. The van der Waals surface area contributed by atoms with Crippen molar-refractivity contribution in [3.05, 3.63) is 40.4 Å². The van der Waals surface area contributed by atoms with Crippen LogP contribution in [0.4, 0.5) is 5.69 Å². The van der Waals surface area contributed by atoms with Gasteiger partial charge in [-0.3, -0.25) is 4.79 Å². The number of unbranched alkanes of at least 4 members (excludes halogenated alkanes) is 2. The van der Waals surface area contributed by atoms with Crippen molar-refractivity contribution in [2.24, 2.45) is 0 Å². The van der Waals surface area contributed by atoms with Gasteiger partial charge in [0.2, 0.25) is 4.77 Å². The zero-order valence-corrected chi connectivity index (χ0v) is 19.4. The van der Waals surface area contributed by atoms with Crippen molar-refractivity contribution in [3.63, 3.8) is 0 Å². The number of aromatic nitrogens is 3. The summed E-state index contributed by atoms with van der Waals surface area (Å²) in [6, 6.07) is 6.09. The zero-order valence-electron chi connectivity index (χ0n) is 18.5.